The van der Waals surface area contributed by atoms with Gasteiger partial charge in [0.15, 0.2) is 11.5 Å². The first-order valence-electron chi connectivity index (χ1n) is 8.72. The lowest BCUT2D eigenvalue weighted by atomic mass is 9.66. The molecule has 1 spiro atoms. The van der Waals surface area contributed by atoms with Crippen molar-refractivity contribution in [2.45, 2.75) is 44.1 Å². The fourth-order valence-corrected chi connectivity index (χ4v) is 4.33. The Hall–Kier alpha value is -1.91. The molecule has 1 aromatic carbocycles. The zero-order valence-corrected chi connectivity index (χ0v) is 15.2. The minimum atomic E-state index is 0.0526. The van der Waals surface area contributed by atoms with Gasteiger partial charge in [-0.2, -0.15) is 0 Å². The molecule has 1 aliphatic heterocycles. The Morgan fingerprint density at radius 1 is 1.08 bits per heavy atom. The number of hydrogen-bond donors (Lipinski definition) is 0. The van der Waals surface area contributed by atoms with Gasteiger partial charge >= 0.3 is 6.03 Å². The number of ether oxygens (including phenoxy) is 2. The third-order valence-corrected chi connectivity index (χ3v) is 5.50. The van der Waals surface area contributed by atoms with Crippen LogP contribution >= 0.6 is 0 Å². The lowest BCUT2D eigenvalue weighted by molar-refractivity contribution is 0.127. The Morgan fingerprint density at radius 3 is 2.29 bits per heavy atom. The standard InChI is InChI=1S/C19H28N2O3/c1-20(2)18(22)21-12-14-10-16(23-3)17(24-4)11-15(14)19(13-21)8-6-5-7-9-19/h10-11H,5-9,12-13H2,1-4H3. The maximum Gasteiger partial charge on any atom is 0.319 e. The molecule has 132 valence electrons. The van der Waals surface area contributed by atoms with Crippen LogP contribution in [0.3, 0.4) is 0 Å². The van der Waals surface area contributed by atoms with E-state index in [1.165, 1.54) is 30.4 Å². The molecule has 5 heteroatoms. The largest absolute Gasteiger partial charge is 0.493 e. The first-order chi connectivity index (χ1) is 11.5. The van der Waals surface area contributed by atoms with Crippen LogP contribution in [0.5, 0.6) is 11.5 Å². The maximum atomic E-state index is 12.6. The second-order valence-corrected chi connectivity index (χ2v) is 7.24. The Balaban J connectivity index is 2.08. The molecule has 0 unspecified atom stereocenters. The van der Waals surface area contributed by atoms with E-state index in [4.69, 9.17) is 9.47 Å². The zero-order valence-electron chi connectivity index (χ0n) is 15.2. The highest BCUT2D eigenvalue weighted by atomic mass is 16.5. The Labute approximate surface area is 144 Å². The second kappa shape index (κ2) is 6.54. The van der Waals surface area contributed by atoms with Crippen LogP contribution in [-0.2, 0) is 12.0 Å². The molecule has 0 aromatic heterocycles. The minimum absolute atomic E-state index is 0.0526. The number of methoxy groups -OCH3 is 2. The van der Waals surface area contributed by atoms with Crippen molar-refractivity contribution in [2.24, 2.45) is 0 Å². The molecule has 1 aliphatic carbocycles. The van der Waals surface area contributed by atoms with E-state index in [-0.39, 0.29) is 11.4 Å². The van der Waals surface area contributed by atoms with Gasteiger partial charge in [-0.05, 0) is 36.1 Å². The summed E-state index contributed by atoms with van der Waals surface area (Å²) in [6.45, 7) is 1.43. The number of urea groups is 1. The van der Waals surface area contributed by atoms with E-state index in [0.717, 1.165) is 30.9 Å². The molecule has 0 radical (unpaired) electrons. The van der Waals surface area contributed by atoms with Gasteiger partial charge < -0.3 is 19.3 Å². The molecular weight excluding hydrogens is 304 g/mol. The average molecular weight is 332 g/mol. The fourth-order valence-electron chi connectivity index (χ4n) is 4.33. The molecule has 0 saturated heterocycles. The van der Waals surface area contributed by atoms with Gasteiger partial charge in [0.1, 0.15) is 0 Å². The molecule has 1 saturated carbocycles. The van der Waals surface area contributed by atoms with Crippen LogP contribution in [0.15, 0.2) is 12.1 Å². The van der Waals surface area contributed by atoms with Gasteiger partial charge in [-0.25, -0.2) is 4.79 Å². The minimum Gasteiger partial charge on any atom is -0.493 e. The molecule has 3 rings (SSSR count). The molecule has 1 aromatic rings. The van der Waals surface area contributed by atoms with E-state index in [1.807, 2.05) is 19.0 Å². The topological polar surface area (TPSA) is 42.0 Å². The fraction of sp³-hybridized carbons (Fsp3) is 0.632. The number of amides is 2. The van der Waals surface area contributed by atoms with Gasteiger partial charge in [0, 0.05) is 32.6 Å². The summed E-state index contributed by atoms with van der Waals surface area (Å²) in [6.07, 6.45) is 5.99. The number of hydrogen-bond acceptors (Lipinski definition) is 3. The van der Waals surface area contributed by atoms with Crippen LogP contribution in [-0.4, -0.2) is 50.7 Å². The van der Waals surface area contributed by atoms with Gasteiger partial charge in [0.05, 0.1) is 14.2 Å². The van der Waals surface area contributed by atoms with Crippen molar-refractivity contribution in [3.8, 4) is 11.5 Å². The summed E-state index contributed by atoms with van der Waals surface area (Å²) < 4.78 is 11.0. The van der Waals surface area contributed by atoms with Gasteiger partial charge in [-0.3, -0.25) is 0 Å². The van der Waals surface area contributed by atoms with E-state index in [1.54, 1.807) is 19.1 Å². The van der Waals surface area contributed by atoms with Crippen LogP contribution in [0.25, 0.3) is 0 Å². The number of rotatable bonds is 2. The lowest BCUT2D eigenvalue weighted by Gasteiger charge is -2.47. The molecule has 0 N–H and O–H groups in total. The summed E-state index contributed by atoms with van der Waals surface area (Å²) in [7, 11) is 6.98. The molecule has 1 heterocycles. The molecule has 0 atom stereocenters. The first-order valence-corrected chi connectivity index (χ1v) is 8.72. The molecule has 24 heavy (non-hydrogen) atoms. The molecule has 0 bridgehead atoms. The van der Waals surface area contributed by atoms with Crippen molar-refractivity contribution in [1.29, 1.82) is 0 Å². The zero-order chi connectivity index (χ0) is 17.3. The van der Waals surface area contributed by atoms with Crippen molar-refractivity contribution in [1.82, 2.24) is 9.80 Å². The highest BCUT2D eigenvalue weighted by Gasteiger charge is 2.42. The van der Waals surface area contributed by atoms with Crippen LogP contribution in [0, 0.1) is 0 Å². The quantitative estimate of drug-likeness (QED) is 0.833. The number of benzene rings is 1. The highest BCUT2D eigenvalue weighted by Crippen LogP contribution is 2.47. The van der Waals surface area contributed by atoms with E-state index in [9.17, 15) is 4.79 Å². The van der Waals surface area contributed by atoms with Crippen molar-refractivity contribution in [3.63, 3.8) is 0 Å². The van der Waals surface area contributed by atoms with Crippen LogP contribution in [0.4, 0.5) is 4.79 Å². The van der Waals surface area contributed by atoms with Gasteiger partial charge in [-0.15, -0.1) is 0 Å². The lowest BCUT2D eigenvalue weighted by Crippen LogP contribution is -2.51. The maximum absolute atomic E-state index is 12.6. The van der Waals surface area contributed by atoms with Gasteiger partial charge in [-0.1, -0.05) is 19.3 Å². The van der Waals surface area contributed by atoms with E-state index < -0.39 is 0 Å². The summed E-state index contributed by atoms with van der Waals surface area (Å²) in [5, 5.41) is 0. The molecular formula is C19H28N2O3. The average Bonchev–Trinajstić information content (AvgIpc) is 2.60. The van der Waals surface area contributed by atoms with Crippen molar-refractivity contribution in [3.05, 3.63) is 23.3 Å². The third-order valence-electron chi connectivity index (χ3n) is 5.50. The van der Waals surface area contributed by atoms with Crippen molar-refractivity contribution < 1.29 is 14.3 Å². The summed E-state index contributed by atoms with van der Waals surface area (Å²) in [5.74, 6) is 1.52. The number of carbonyl (C=O) groups is 1. The first kappa shape index (κ1) is 16.9. The van der Waals surface area contributed by atoms with Crippen LogP contribution < -0.4 is 9.47 Å². The second-order valence-electron chi connectivity index (χ2n) is 7.24. The van der Waals surface area contributed by atoms with Gasteiger partial charge in [0.25, 0.3) is 0 Å². The molecule has 2 amide bonds. The molecule has 5 nitrogen and oxygen atoms in total. The van der Waals surface area contributed by atoms with Crippen molar-refractivity contribution in [2.75, 3.05) is 34.9 Å². The highest BCUT2D eigenvalue weighted by molar-refractivity contribution is 5.74. The predicted molar refractivity (Wildman–Crippen MR) is 93.8 cm³/mol. The van der Waals surface area contributed by atoms with Crippen molar-refractivity contribution >= 4 is 6.03 Å². The van der Waals surface area contributed by atoms with Crippen LogP contribution in [0.1, 0.15) is 43.2 Å². The monoisotopic (exact) mass is 332 g/mol. The third kappa shape index (κ3) is 2.80. The normalized spacial score (nSPS) is 18.9. The summed E-state index contributed by atoms with van der Waals surface area (Å²) >= 11 is 0. The van der Waals surface area contributed by atoms with Gasteiger partial charge in [0.2, 0.25) is 0 Å². The van der Waals surface area contributed by atoms with E-state index in [2.05, 4.69) is 12.1 Å². The number of carbonyl (C=O) groups excluding carboxylic acids is 1. The molecule has 1 fully saturated rings. The van der Waals surface area contributed by atoms with E-state index in [0.29, 0.717) is 6.54 Å². The SMILES string of the molecule is COc1cc2c(cc1OC)C1(CCCCC1)CN(C(=O)N(C)C)C2. The summed E-state index contributed by atoms with van der Waals surface area (Å²) in [4.78, 5) is 16.3. The van der Waals surface area contributed by atoms with E-state index >= 15 is 0 Å². The smallest absolute Gasteiger partial charge is 0.319 e. The predicted octanol–water partition coefficient (Wildman–Crippen LogP) is 3.40. The summed E-state index contributed by atoms with van der Waals surface area (Å²) in [6, 6.07) is 4.29. The Kier molecular flexibility index (Phi) is 4.61. The van der Waals surface area contributed by atoms with Crippen LogP contribution in [0.2, 0.25) is 0 Å². The number of fused-ring (bicyclic) bond motifs is 2. The summed E-state index contributed by atoms with van der Waals surface area (Å²) in [5.41, 5.74) is 2.59. The Bertz CT molecular complexity index is 621. The molecule has 2 aliphatic rings. The number of nitrogens with zero attached hydrogens (tertiary/aromatic N) is 2. The Morgan fingerprint density at radius 2 is 1.71 bits per heavy atom.